The van der Waals surface area contributed by atoms with E-state index < -0.39 is 0 Å². The van der Waals surface area contributed by atoms with Gasteiger partial charge in [0.15, 0.2) is 5.65 Å². The molecule has 0 aliphatic carbocycles. The molecule has 0 bridgehead atoms. The van der Waals surface area contributed by atoms with Gasteiger partial charge in [-0.25, -0.2) is 14.4 Å². The minimum absolute atomic E-state index is 0.364. The second kappa shape index (κ2) is 7.77. The molecule has 154 valence electrons. The van der Waals surface area contributed by atoms with E-state index in [-0.39, 0.29) is 5.82 Å². The van der Waals surface area contributed by atoms with Crippen molar-refractivity contribution in [1.82, 2.24) is 34.3 Å². The van der Waals surface area contributed by atoms with Gasteiger partial charge in [-0.2, -0.15) is 5.10 Å². The third kappa shape index (κ3) is 3.82. The van der Waals surface area contributed by atoms with E-state index in [0.29, 0.717) is 28.9 Å². The molecule has 0 amide bonds. The van der Waals surface area contributed by atoms with Gasteiger partial charge in [0.2, 0.25) is 5.95 Å². The number of benzene rings is 1. The number of nitrogens with zero attached hydrogens (tertiary/aromatic N) is 7. The normalized spacial score (nSPS) is 11.2. The van der Waals surface area contributed by atoms with Crippen molar-refractivity contribution < 1.29 is 4.39 Å². The highest BCUT2D eigenvalue weighted by Gasteiger charge is 2.12. The number of hydrogen-bond donors (Lipinski definition) is 1. The summed E-state index contributed by atoms with van der Waals surface area (Å²) < 4.78 is 16.9. The van der Waals surface area contributed by atoms with Crippen LogP contribution in [0.5, 0.6) is 0 Å². The number of hydrogen-bond acceptors (Lipinski definition) is 6. The summed E-state index contributed by atoms with van der Waals surface area (Å²) in [5.41, 5.74) is 3.07. The molecule has 0 fully saturated rings. The molecule has 0 radical (unpaired) electrons. The Bertz CT molecular complexity index is 1390. The van der Waals surface area contributed by atoms with E-state index in [1.54, 1.807) is 23.1 Å². The van der Waals surface area contributed by atoms with Crippen LogP contribution < -0.4 is 5.32 Å². The topological polar surface area (TPSA) is 85.8 Å². The van der Waals surface area contributed by atoms with Crippen LogP contribution >= 0.6 is 11.6 Å². The lowest BCUT2D eigenvalue weighted by atomic mass is 10.1. The summed E-state index contributed by atoms with van der Waals surface area (Å²) in [5.74, 6) is 1.59. The summed E-state index contributed by atoms with van der Waals surface area (Å²) in [6.07, 6.45) is 5.71. The molecule has 0 unspecified atom stereocenters. The van der Waals surface area contributed by atoms with Gasteiger partial charge in [0, 0.05) is 42.5 Å². The molecular weight excluding hydrogens is 419 g/mol. The number of aryl methyl sites for hydroxylation is 1. The third-order valence-corrected chi connectivity index (χ3v) is 5.21. The van der Waals surface area contributed by atoms with Crippen molar-refractivity contribution >= 4 is 29.0 Å². The average molecular weight is 435 g/mol. The molecule has 31 heavy (non-hydrogen) atoms. The molecule has 1 aromatic carbocycles. The molecule has 8 nitrogen and oxygen atoms in total. The van der Waals surface area contributed by atoms with E-state index in [4.69, 9.17) is 11.6 Å². The smallest absolute Gasteiger partial charge is 0.228 e. The average Bonchev–Trinajstić information content (AvgIpc) is 3.36. The van der Waals surface area contributed by atoms with E-state index in [9.17, 15) is 4.39 Å². The molecule has 5 aromatic rings. The van der Waals surface area contributed by atoms with Gasteiger partial charge in [-0.3, -0.25) is 9.08 Å². The zero-order valence-corrected chi connectivity index (χ0v) is 17.1. The van der Waals surface area contributed by atoms with Crippen LogP contribution in [0, 0.1) is 5.82 Å². The predicted molar refractivity (Wildman–Crippen MR) is 115 cm³/mol. The Morgan fingerprint density at radius 2 is 1.97 bits per heavy atom. The molecule has 0 atom stereocenters. The second-order valence-corrected chi connectivity index (χ2v) is 7.31. The summed E-state index contributed by atoms with van der Waals surface area (Å²) in [5, 5.41) is 16.2. The molecule has 1 N–H and O–H groups in total. The van der Waals surface area contributed by atoms with Crippen LogP contribution in [0.2, 0.25) is 5.02 Å². The first-order valence-electron chi connectivity index (χ1n) is 9.43. The quantitative estimate of drug-likeness (QED) is 0.449. The van der Waals surface area contributed by atoms with Gasteiger partial charge in [-0.1, -0.05) is 17.7 Å². The maximum atomic E-state index is 13.3. The van der Waals surface area contributed by atoms with Gasteiger partial charge in [-0.15, -0.1) is 10.2 Å². The van der Waals surface area contributed by atoms with Crippen LogP contribution in [-0.2, 0) is 13.5 Å². The highest BCUT2D eigenvalue weighted by molar-refractivity contribution is 6.31. The number of nitrogens with one attached hydrogen (secondary N) is 1. The lowest BCUT2D eigenvalue weighted by molar-refractivity contribution is 0.627. The minimum Gasteiger partial charge on any atom is -0.309 e. The van der Waals surface area contributed by atoms with Crippen LogP contribution in [-0.4, -0.2) is 34.3 Å². The maximum absolute atomic E-state index is 13.3. The van der Waals surface area contributed by atoms with E-state index in [1.807, 2.05) is 41.9 Å². The highest BCUT2D eigenvalue weighted by Crippen LogP contribution is 2.23. The van der Waals surface area contributed by atoms with Gasteiger partial charge in [-0.05, 0) is 35.9 Å². The number of aromatic nitrogens is 7. The van der Waals surface area contributed by atoms with Crippen LogP contribution in [0.1, 0.15) is 11.4 Å². The zero-order valence-electron chi connectivity index (χ0n) is 16.4. The lowest BCUT2D eigenvalue weighted by Gasteiger charge is -2.07. The Kier molecular flexibility index (Phi) is 4.79. The van der Waals surface area contributed by atoms with Crippen LogP contribution in [0.3, 0.4) is 0 Å². The SMILES string of the molecule is Cn1nccc1Nc1nccc(-c2ccn3c(Cc4ccc(F)cc4Cl)nnc3c2)n1. The lowest BCUT2D eigenvalue weighted by Crippen LogP contribution is -2.03. The van der Waals surface area contributed by atoms with Crippen molar-refractivity contribution in [2.75, 3.05) is 5.32 Å². The van der Waals surface area contributed by atoms with Crippen LogP contribution in [0.4, 0.5) is 16.2 Å². The van der Waals surface area contributed by atoms with Crippen molar-refractivity contribution in [3.05, 3.63) is 83.3 Å². The van der Waals surface area contributed by atoms with Gasteiger partial charge in [0.25, 0.3) is 0 Å². The number of pyridine rings is 1. The molecule has 0 saturated carbocycles. The largest absolute Gasteiger partial charge is 0.309 e. The second-order valence-electron chi connectivity index (χ2n) is 6.90. The summed E-state index contributed by atoms with van der Waals surface area (Å²) in [6, 6.07) is 11.8. The maximum Gasteiger partial charge on any atom is 0.228 e. The Morgan fingerprint density at radius 3 is 2.77 bits per heavy atom. The Morgan fingerprint density at radius 1 is 1.06 bits per heavy atom. The fraction of sp³-hybridized carbons (Fsp3) is 0.0952. The molecule has 5 rings (SSSR count). The van der Waals surface area contributed by atoms with Crippen molar-refractivity contribution in [3.8, 4) is 11.3 Å². The first-order chi connectivity index (χ1) is 15.1. The van der Waals surface area contributed by atoms with E-state index in [0.717, 1.165) is 22.6 Å². The van der Waals surface area contributed by atoms with E-state index in [1.165, 1.54) is 12.1 Å². The summed E-state index contributed by atoms with van der Waals surface area (Å²) in [6.45, 7) is 0. The fourth-order valence-electron chi connectivity index (χ4n) is 3.25. The van der Waals surface area contributed by atoms with Crippen LogP contribution in [0.25, 0.3) is 16.9 Å². The minimum atomic E-state index is -0.369. The third-order valence-electron chi connectivity index (χ3n) is 4.86. The first kappa shape index (κ1) is 19.1. The molecule has 4 aromatic heterocycles. The first-order valence-corrected chi connectivity index (χ1v) is 9.81. The van der Waals surface area contributed by atoms with E-state index in [2.05, 4.69) is 30.6 Å². The molecule has 0 aliphatic heterocycles. The summed E-state index contributed by atoms with van der Waals surface area (Å²) >= 11 is 6.16. The number of rotatable bonds is 5. The summed E-state index contributed by atoms with van der Waals surface area (Å²) in [7, 11) is 1.84. The van der Waals surface area contributed by atoms with Gasteiger partial charge < -0.3 is 5.32 Å². The van der Waals surface area contributed by atoms with Gasteiger partial charge >= 0.3 is 0 Å². The van der Waals surface area contributed by atoms with Gasteiger partial charge in [0.1, 0.15) is 17.5 Å². The summed E-state index contributed by atoms with van der Waals surface area (Å²) in [4.78, 5) is 8.86. The highest BCUT2D eigenvalue weighted by atomic mass is 35.5. The molecule has 10 heteroatoms. The van der Waals surface area contributed by atoms with Crippen molar-refractivity contribution in [3.63, 3.8) is 0 Å². The number of anilines is 2. The van der Waals surface area contributed by atoms with E-state index >= 15 is 0 Å². The number of halogens is 2. The molecule has 0 aliphatic rings. The Hall–Kier alpha value is -3.85. The fourth-order valence-corrected chi connectivity index (χ4v) is 3.48. The van der Waals surface area contributed by atoms with Crippen molar-refractivity contribution in [2.24, 2.45) is 7.05 Å². The Labute approximate surface area is 181 Å². The molecular formula is C21H16ClFN8. The van der Waals surface area contributed by atoms with Crippen molar-refractivity contribution in [2.45, 2.75) is 6.42 Å². The predicted octanol–water partition coefficient (Wildman–Crippen LogP) is 4.05. The van der Waals surface area contributed by atoms with Crippen molar-refractivity contribution in [1.29, 1.82) is 0 Å². The molecule has 0 spiro atoms. The van der Waals surface area contributed by atoms with Crippen LogP contribution in [0.15, 0.2) is 61.1 Å². The molecule has 0 saturated heterocycles. The molecule has 4 heterocycles. The number of fused-ring (bicyclic) bond motifs is 1. The van der Waals surface area contributed by atoms with Gasteiger partial charge in [0.05, 0.1) is 11.9 Å². The Balaban J connectivity index is 1.43. The monoisotopic (exact) mass is 434 g/mol. The standard InChI is InChI=1S/C21H16ClFN8/c1-30-18(5-8-25-30)27-21-24-7-4-17(26-21)14-6-9-31-19(28-29-20(31)11-14)10-13-2-3-15(23)12-16(13)22/h2-9,11-12H,10H2,1H3,(H,24,26,27). The zero-order chi connectivity index (χ0) is 21.4.